The van der Waals surface area contributed by atoms with Crippen molar-refractivity contribution in [3.05, 3.63) is 24.3 Å². The van der Waals surface area contributed by atoms with Gasteiger partial charge in [0.15, 0.2) is 0 Å². The number of terminal acetylenes is 1. The van der Waals surface area contributed by atoms with Gasteiger partial charge in [0, 0.05) is 26.2 Å². The van der Waals surface area contributed by atoms with E-state index in [2.05, 4.69) is 11.2 Å². The zero-order valence-corrected chi connectivity index (χ0v) is 13.7. The van der Waals surface area contributed by atoms with E-state index in [9.17, 15) is 13.2 Å². The van der Waals surface area contributed by atoms with Crippen LogP contribution in [-0.2, 0) is 10.0 Å². The Labute approximate surface area is 136 Å². The van der Waals surface area contributed by atoms with Crippen LogP contribution < -0.4 is 10.1 Å². The molecule has 1 N–H and O–H groups in total. The maximum atomic E-state index is 12.6. The molecule has 23 heavy (non-hydrogen) atoms. The molecule has 0 bridgehead atoms. The Morgan fingerprint density at radius 3 is 2.39 bits per heavy atom. The van der Waals surface area contributed by atoms with E-state index < -0.39 is 10.0 Å². The Kier molecular flexibility index (Phi) is 5.47. The normalized spacial score (nSPS) is 15.7. The number of hydrogen-bond donors (Lipinski definition) is 1. The number of methoxy groups -OCH3 is 1. The zero-order chi connectivity index (χ0) is 16.9. The highest BCUT2D eigenvalue weighted by Crippen LogP contribution is 2.20. The number of sulfonamides is 1. The average molecular weight is 337 g/mol. The molecule has 1 aromatic rings. The fourth-order valence-corrected chi connectivity index (χ4v) is 3.69. The summed E-state index contributed by atoms with van der Waals surface area (Å²) in [7, 11) is -2.04. The monoisotopic (exact) mass is 337 g/mol. The predicted octanol–water partition coefficient (Wildman–Crippen LogP) is 0.344. The Morgan fingerprint density at radius 1 is 1.26 bits per heavy atom. The summed E-state index contributed by atoms with van der Waals surface area (Å²) >= 11 is 0. The van der Waals surface area contributed by atoms with Gasteiger partial charge in [0.2, 0.25) is 10.0 Å². The van der Waals surface area contributed by atoms with Crippen molar-refractivity contribution in [1.29, 1.82) is 0 Å². The number of piperazine rings is 1. The van der Waals surface area contributed by atoms with E-state index in [1.807, 2.05) is 0 Å². The van der Waals surface area contributed by atoms with E-state index in [0.29, 0.717) is 18.8 Å². The third kappa shape index (κ3) is 3.94. The number of benzene rings is 1. The minimum atomic E-state index is -3.57. The molecule has 1 fully saturated rings. The first-order chi connectivity index (χ1) is 11.0. The number of nitrogens with zero attached hydrogens (tertiary/aromatic N) is 2. The molecule has 124 valence electrons. The molecule has 0 saturated carbocycles. The highest BCUT2D eigenvalue weighted by molar-refractivity contribution is 7.89. The summed E-state index contributed by atoms with van der Waals surface area (Å²) in [6.45, 7) is 1.30. The lowest BCUT2D eigenvalue weighted by Crippen LogP contribution is -2.53. The van der Waals surface area contributed by atoms with Crippen molar-refractivity contribution in [1.82, 2.24) is 14.5 Å². The van der Waals surface area contributed by atoms with E-state index in [0.717, 1.165) is 0 Å². The molecule has 0 aliphatic carbocycles. The molecule has 0 spiro atoms. The van der Waals surface area contributed by atoms with Crippen LogP contribution in [0.2, 0.25) is 0 Å². The van der Waals surface area contributed by atoms with E-state index >= 15 is 0 Å². The Morgan fingerprint density at radius 2 is 1.87 bits per heavy atom. The van der Waals surface area contributed by atoms with Gasteiger partial charge >= 0.3 is 6.03 Å². The fourth-order valence-electron chi connectivity index (χ4n) is 2.27. The van der Waals surface area contributed by atoms with Crippen molar-refractivity contribution in [2.75, 3.05) is 39.8 Å². The quantitative estimate of drug-likeness (QED) is 0.804. The molecule has 8 heteroatoms. The van der Waals surface area contributed by atoms with Crippen LogP contribution in [0.5, 0.6) is 5.75 Å². The summed E-state index contributed by atoms with van der Waals surface area (Å²) in [5.41, 5.74) is 0. The van der Waals surface area contributed by atoms with Crippen molar-refractivity contribution in [3.8, 4) is 18.1 Å². The Hall–Kier alpha value is -2.24. The molecule has 1 aliphatic heterocycles. The molecule has 0 radical (unpaired) electrons. The topological polar surface area (TPSA) is 79.0 Å². The first kappa shape index (κ1) is 17.1. The molecule has 0 atom stereocenters. The van der Waals surface area contributed by atoms with Crippen molar-refractivity contribution in [2.45, 2.75) is 4.90 Å². The summed E-state index contributed by atoms with van der Waals surface area (Å²) < 4.78 is 31.6. The van der Waals surface area contributed by atoms with Gasteiger partial charge in [-0.25, -0.2) is 13.2 Å². The molecule has 1 aliphatic rings. The first-order valence-electron chi connectivity index (χ1n) is 7.09. The number of hydrogen-bond acceptors (Lipinski definition) is 4. The van der Waals surface area contributed by atoms with E-state index in [1.165, 1.54) is 23.5 Å². The second kappa shape index (κ2) is 7.35. The van der Waals surface area contributed by atoms with Crippen molar-refractivity contribution in [3.63, 3.8) is 0 Å². The number of carbonyl (C=O) groups excluding carboxylic acids is 1. The second-order valence-corrected chi connectivity index (χ2v) is 6.87. The van der Waals surface area contributed by atoms with Gasteiger partial charge in [0.25, 0.3) is 0 Å². The van der Waals surface area contributed by atoms with Crippen LogP contribution in [0.4, 0.5) is 4.79 Å². The van der Waals surface area contributed by atoms with E-state index in [-0.39, 0.29) is 30.6 Å². The third-order valence-corrected chi connectivity index (χ3v) is 5.48. The van der Waals surface area contributed by atoms with Crippen LogP contribution in [0.3, 0.4) is 0 Å². The van der Waals surface area contributed by atoms with Gasteiger partial charge in [-0.2, -0.15) is 4.31 Å². The van der Waals surface area contributed by atoms with Crippen molar-refractivity contribution in [2.24, 2.45) is 0 Å². The molecule has 7 nitrogen and oxygen atoms in total. The standard InChI is InChI=1S/C15H19N3O4S/c1-3-8-16-15(19)17-9-11-18(12-10-17)23(20,21)14-6-4-13(22-2)5-7-14/h1,4-7H,8-12H2,2H3,(H,16,19). The number of rotatable bonds is 4. The molecule has 2 amide bonds. The maximum absolute atomic E-state index is 12.6. The van der Waals surface area contributed by atoms with Crippen LogP contribution in [0.15, 0.2) is 29.2 Å². The zero-order valence-electron chi connectivity index (χ0n) is 12.9. The minimum absolute atomic E-state index is 0.156. The summed E-state index contributed by atoms with van der Waals surface area (Å²) in [4.78, 5) is 13.6. The van der Waals surface area contributed by atoms with E-state index in [1.54, 1.807) is 17.0 Å². The maximum Gasteiger partial charge on any atom is 0.318 e. The van der Waals surface area contributed by atoms with Gasteiger partial charge in [-0.05, 0) is 24.3 Å². The van der Waals surface area contributed by atoms with Crippen LogP contribution in [0.1, 0.15) is 0 Å². The Bertz CT molecular complexity index is 686. The highest BCUT2D eigenvalue weighted by Gasteiger charge is 2.29. The largest absolute Gasteiger partial charge is 0.497 e. The van der Waals surface area contributed by atoms with Crippen molar-refractivity contribution >= 4 is 16.1 Å². The number of amides is 2. The fraction of sp³-hybridized carbons (Fsp3) is 0.400. The Balaban J connectivity index is 2.00. The van der Waals surface area contributed by atoms with Gasteiger partial charge in [-0.3, -0.25) is 0 Å². The number of ether oxygens (including phenoxy) is 1. The van der Waals surface area contributed by atoms with Crippen LogP contribution in [0.25, 0.3) is 0 Å². The lowest BCUT2D eigenvalue weighted by atomic mass is 10.3. The van der Waals surface area contributed by atoms with Gasteiger partial charge in [-0.15, -0.1) is 6.42 Å². The lowest BCUT2D eigenvalue weighted by molar-refractivity contribution is 0.173. The summed E-state index contributed by atoms with van der Waals surface area (Å²) in [6, 6.07) is 5.97. The predicted molar refractivity (Wildman–Crippen MR) is 85.6 cm³/mol. The second-order valence-electron chi connectivity index (χ2n) is 4.93. The first-order valence-corrected chi connectivity index (χ1v) is 8.53. The van der Waals surface area contributed by atoms with E-state index in [4.69, 9.17) is 11.2 Å². The molecular weight excluding hydrogens is 318 g/mol. The molecule has 1 heterocycles. The van der Waals surface area contributed by atoms with Gasteiger partial charge in [-0.1, -0.05) is 5.92 Å². The summed E-state index contributed by atoms with van der Waals surface area (Å²) in [6.07, 6.45) is 5.09. The third-order valence-electron chi connectivity index (χ3n) is 3.56. The van der Waals surface area contributed by atoms with Crippen LogP contribution in [-0.4, -0.2) is 63.5 Å². The number of carbonyl (C=O) groups is 1. The molecule has 1 saturated heterocycles. The van der Waals surface area contributed by atoms with Crippen LogP contribution >= 0.6 is 0 Å². The van der Waals surface area contributed by atoms with Crippen LogP contribution in [0, 0.1) is 12.3 Å². The van der Waals surface area contributed by atoms with Gasteiger partial charge in [0.05, 0.1) is 18.6 Å². The number of urea groups is 1. The molecule has 0 unspecified atom stereocenters. The SMILES string of the molecule is C#CCNC(=O)N1CCN(S(=O)(=O)c2ccc(OC)cc2)CC1. The van der Waals surface area contributed by atoms with Crippen molar-refractivity contribution < 1.29 is 17.9 Å². The lowest BCUT2D eigenvalue weighted by Gasteiger charge is -2.33. The summed E-state index contributed by atoms with van der Waals surface area (Å²) in [5.74, 6) is 2.92. The summed E-state index contributed by atoms with van der Waals surface area (Å²) in [5, 5.41) is 2.57. The molecule has 1 aromatic carbocycles. The van der Waals surface area contributed by atoms with Gasteiger partial charge < -0.3 is 15.0 Å². The molecule has 2 rings (SSSR count). The number of nitrogens with one attached hydrogen (secondary N) is 1. The van der Waals surface area contributed by atoms with Gasteiger partial charge in [0.1, 0.15) is 5.75 Å². The molecule has 0 aromatic heterocycles. The smallest absolute Gasteiger partial charge is 0.318 e. The molecular formula is C15H19N3O4S. The minimum Gasteiger partial charge on any atom is -0.497 e. The average Bonchev–Trinajstić information content (AvgIpc) is 2.59. The highest BCUT2D eigenvalue weighted by atomic mass is 32.2.